The number of fused-ring (bicyclic) bond motifs is 1. The van der Waals surface area contributed by atoms with Crippen molar-refractivity contribution in [1.82, 2.24) is 15.0 Å². The second kappa shape index (κ2) is 8.31. The van der Waals surface area contributed by atoms with E-state index in [0.717, 1.165) is 14.9 Å². The van der Waals surface area contributed by atoms with Crippen LogP contribution in [0.15, 0.2) is 35.6 Å². The molecule has 0 saturated carbocycles. The molecule has 0 saturated heterocycles. The molecule has 27 heavy (non-hydrogen) atoms. The van der Waals surface area contributed by atoms with Gasteiger partial charge in [0.05, 0.1) is 18.4 Å². The molecule has 0 radical (unpaired) electrons. The Morgan fingerprint density at radius 2 is 1.96 bits per heavy atom. The molecule has 3 rings (SSSR count). The summed E-state index contributed by atoms with van der Waals surface area (Å²) >= 11 is 2.82. The Balaban J connectivity index is 1.64. The summed E-state index contributed by atoms with van der Waals surface area (Å²) in [4.78, 5) is 38.4. The van der Waals surface area contributed by atoms with Crippen LogP contribution in [0.3, 0.4) is 0 Å². The number of thioether (sulfide) groups is 1. The molecule has 0 aliphatic carbocycles. The maximum atomic E-state index is 12.2. The molecule has 1 N–H and O–H groups in total. The number of amides is 1. The molecular formula is C17H17N5O3S2. The van der Waals surface area contributed by atoms with Gasteiger partial charge >= 0.3 is 5.97 Å². The van der Waals surface area contributed by atoms with Crippen LogP contribution < -0.4 is 10.2 Å². The third-order valence-corrected chi connectivity index (χ3v) is 5.80. The summed E-state index contributed by atoms with van der Waals surface area (Å²) in [5.41, 5.74) is 1.66. The van der Waals surface area contributed by atoms with Gasteiger partial charge < -0.3 is 15.0 Å². The van der Waals surface area contributed by atoms with Gasteiger partial charge in [-0.05, 0) is 24.3 Å². The van der Waals surface area contributed by atoms with E-state index in [1.54, 1.807) is 24.3 Å². The number of rotatable bonds is 6. The monoisotopic (exact) mass is 403 g/mol. The number of hydrogen-bond acceptors (Lipinski definition) is 9. The number of aromatic nitrogens is 3. The minimum atomic E-state index is -0.419. The summed E-state index contributed by atoms with van der Waals surface area (Å²) in [6.45, 7) is 0. The van der Waals surface area contributed by atoms with Gasteiger partial charge in [0, 0.05) is 19.8 Å². The Morgan fingerprint density at radius 1 is 1.22 bits per heavy atom. The van der Waals surface area contributed by atoms with Crippen LogP contribution in [0.4, 0.5) is 10.8 Å². The van der Waals surface area contributed by atoms with Crippen LogP contribution in [-0.4, -0.2) is 53.8 Å². The van der Waals surface area contributed by atoms with E-state index in [2.05, 4.69) is 25.0 Å². The summed E-state index contributed by atoms with van der Waals surface area (Å²) in [5.74, 6) is -0.396. The first-order valence-electron chi connectivity index (χ1n) is 7.88. The molecule has 2 aromatic heterocycles. The molecule has 0 spiro atoms. The van der Waals surface area contributed by atoms with Crippen LogP contribution in [0.1, 0.15) is 10.4 Å². The first-order valence-corrected chi connectivity index (χ1v) is 9.68. The van der Waals surface area contributed by atoms with Crippen molar-refractivity contribution in [2.24, 2.45) is 0 Å². The first kappa shape index (κ1) is 19.1. The van der Waals surface area contributed by atoms with Crippen molar-refractivity contribution >= 4 is 56.1 Å². The fourth-order valence-corrected chi connectivity index (χ4v) is 3.97. The highest BCUT2D eigenvalue weighted by atomic mass is 32.2. The lowest BCUT2D eigenvalue weighted by molar-refractivity contribution is -0.113. The predicted molar refractivity (Wildman–Crippen MR) is 107 cm³/mol. The summed E-state index contributed by atoms with van der Waals surface area (Å²) in [5, 5.41) is 4.35. The number of thiazole rings is 1. The minimum Gasteiger partial charge on any atom is -0.465 e. The lowest BCUT2D eigenvalue weighted by Crippen LogP contribution is -2.14. The summed E-state index contributed by atoms with van der Waals surface area (Å²) in [6.07, 6.45) is 1.45. The zero-order valence-electron chi connectivity index (χ0n) is 14.9. The van der Waals surface area contributed by atoms with E-state index in [4.69, 9.17) is 0 Å². The average molecular weight is 403 g/mol. The maximum absolute atomic E-state index is 12.2. The van der Waals surface area contributed by atoms with Crippen LogP contribution in [0.2, 0.25) is 0 Å². The van der Waals surface area contributed by atoms with Gasteiger partial charge in [0.1, 0.15) is 16.1 Å². The second-order valence-corrected chi connectivity index (χ2v) is 7.57. The molecule has 3 aromatic rings. The number of nitrogens with one attached hydrogen (secondary N) is 1. The Morgan fingerprint density at radius 3 is 2.63 bits per heavy atom. The van der Waals surface area contributed by atoms with E-state index < -0.39 is 5.97 Å². The van der Waals surface area contributed by atoms with Crippen molar-refractivity contribution in [3.05, 3.63) is 36.2 Å². The Hall–Kier alpha value is -2.72. The number of esters is 1. The van der Waals surface area contributed by atoms with Gasteiger partial charge in [0.25, 0.3) is 0 Å². The lowest BCUT2D eigenvalue weighted by Gasteiger charge is -2.06. The molecule has 1 aromatic carbocycles. The van der Waals surface area contributed by atoms with Crippen molar-refractivity contribution < 1.29 is 14.3 Å². The third-order valence-electron chi connectivity index (χ3n) is 3.46. The normalized spacial score (nSPS) is 10.6. The fraction of sp³-hybridized carbons (Fsp3) is 0.235. The summed E-state index contributed by atoms with van der Waals surface area (Å²) in [7, 11) is 5.15. The molecule has 2 heterocycles. The predicted octanol–water partition coefficient (Wildman–Crippen LogP) is 2.67. The van der Waals surface area contributed by atoms with Gasteiger partial charge in [-0.3, -0.25) is 4.79 Å². The second-order valence-electron chi connectivity index (χ2n) is 5.63. The van der Waals surface area contributed by atoms with Crippen LogP contribution in [0, 0.1) is 0 Å². The smallest absolute Gasteiger partial charge is 0.337 e. The molecule has 0 bridgehead atoms. The Kier molecular flexibility index (Phi) is 5.87. The van der Waals surface area contributed by atoms with Gasteiger partial charge in [-0.25, -0.2) is 14.8 Å². The molecule has 0 atom stereocenters. The van der Waals surface area contributed by atoms with Crippen molar-refractivity contribution in [2.75, 3.05) is 37.2 Å². The number of carbonyl (C=O) groups is 2. The van der Waals surface area contributed by atoms with Gasteiger partial charge in [-0.1, -0.05) is 23.1 Å². The zero-order chi connectivity index (χ0) is 19.4. The highest BCUT2D eigenvalue weighted by Gasteiger charge is 2.14. The quantitative estimate of drug-likeness (QED) is 0.381. The zero-order valence-corrected chi connectivity index (χ0v) is 16.6. The minimum absolute atomic E-state index is 0.171. The molecule has 8 nitrogen and oxygen atoms in total. The van der Waals surface area contributed by atoms with E-state index in [9.17, 15) is 9.59 Å². The van der Waals surface area contributed by atoms with Gasteiger partial charge in [0.15, 0.2) is 10.8 Å². The number of ether oxygens (including phenoxy) is 1. The average Bonchev–Trinajstić information content (AvgIpc) is 3.11. The SMILES string of the molecule is COC(=O)c1ccc(NC(=O)CSc2ncnc3nc(N(C)C)sc23)cc1. The molecule has 1 amide bonds. The van der Waals surface area contributed by atoms with E-state index in [1.165, 1.54) is 36.5 Å². The lowest BCUT2D eigenvalue weighted by atomic mass is 10.2. The van der Waals surface area contributed by atoms with E-state index >= 15 is 0 Å². The number of nitrogens with zero attached hydrogens (tertiary/aromatic N) is 4. The van der Waals surface area contributed by atoms with E-state index in [1.807, 2.05) is 19.0 Å². The number of benzene rings is 1. The van der Waals surface area contributed by atoms with Gasteiger partial charge in [-0.15, -0.1) is 0 Å². The van der Waals surface area contributed by atoms with Crippen molar-refractivity contribution in [3.8, 4) is 0 Å². The highest BCUT2D eigenvalue weighted by Crippen LogP contribution is 2.32. The summed E-state index contributed by atoms with van der Waals surface area (Å²) < 4.78 is 5.51. The van der Waals surface area contributed by atoms with Crippen molar-refractivity contribution in [1.29, 1.82) is 0 Å². The largest absolute Gasteiger partial charge is 0.465 e. The standard InChI is InChI=1S/C17H17N5O3S2/c1-22(2)17-21-14-13(27-17)15(19-9-18-14)26-8-12(23)20-11-6-4-10(5-7-11)16(24)25-3/h4-7,9H,8H2,1-3H3,(H,20,23). The Bertz CT molecular complexity index is 972. The maximum Gasteiger partial charge on any atom is 0.337 e. The van der Waals surface area contributed by atoms with Crippen LogP contribution in [0.5, 0.6) is 0 Å². The topological polar surface area (TPSA) is 97.3 Å². The van der Waals surface area contributed by atoms with Crippen LogP contribution in [-0.2, 0) is 9.53 Å². The van der Waals surface area contributed by atoms with Crippen LogP contribution >= 0.6 is 23.1 Å². The first-order chi connectivity index (χ1) is 13.0. The van der Waals surface area contributed by atoms with Crippen molar-refractivity contribution in [2.45, 2.75) is 5.03 Å². The molecule has 0 aliphatic heterocycles. The number of anilines is 2. The Labute approximate surface area is 164 Å². The molecule has 0 fully saturated rings. The van der Waals surface area contributed by atoms with Gasteiger partial charge in [0.2, 0.25) is 5.91 Å². The van der Waals surface area contributed by atoms with E-state index in [0.29, 0.717) is 16.9 Å². The van der Waals surface area contributed by atoms with Gasteiger partial charge in [-0.2, -0.15) is 4.98 Å². The third kappa shape index (κ3) is 4.52. The van der Waals surface area contributed by atoms with E-state index in [-0.39, 0.29) is 11.7 Å². The molecule has 140 valence electrons. The van der Waals surface area contributed by atoms with Crippen LogP contribution in [0.25, 0.3) is 10.3 Å². The number of carbonyl (C=O) groups excluding carboxylic acids is 2. The highest BCUT2D eigenvalue weighted by molar-refractivity contribution is 8.00. The summed E-state index contributed by atoms with van der Waals surface area (Å²) in [6, 6.07) is 6.51. The van der Waals surface area contributed by atoms with Crippen molar-refractivity contribution in [3.63, 3.8) is 0 Å². The molecule has 10 heteroatoms. The molecule has 0 unspecified atom stereocenters. The number of hydrogen-bond donors (Lipinski definition) is 1. The number of methoxy groups -OCH3 is 1. The molecular weight excluding hydrogens is 386 g/mol. The molecule has 0 aliphatic rings. The fourth-order valence-electron chi connectivity index (χ4n) is 2.16.